The van der Waals surface area contributed by atoms with Crippen LogP contribution in [0.1, 0.15) is 39.0 Å². The van der Waals surface area contributed by atoms with Gasteiger partial charge in [-0.05, 0) is 13.0 Å². The zero-order valence-electron chi connectivity index (χ0n) is 9.78. The van der Waals surface area contributed by atoms with Crippen LogP contribution in [0.15, 0.2) is 18.7 Å². The first-order chi connectivity index (χ1) is 7.43. The van der Waals surface area contributed by atoms with E-state index in [0.717, 1.165) is 19.6 Å². The van der Waals surface area contributed by atoms with E-state index in [0.29, 0.717) is 0 Å². The van der Waals surface area contributed by atoms with Gasteiger partial charge in [0.2, 0.25) is 0 Å². The predicted octanol–water partition coefficient (Wildman–Crippen LogP) is 2.44. The summed E-state index contributed by atoms with van der Waals surface area (Å²) in [4.78, 5) is 4.01. The van der Waals surface area contributed by atoms with E-state index in [9.17, 15) is 0 Å². The first-order valence-corrected chi connectivity index (χ1v) is 6.10. The number of hydrogen-bond acceptors (Lipinski definition) is 2. The second-order valence-corrected chi connectivity index (χ2v) is 3.96. The van der Waals surface area contributed by atoms with Crippen LogP contribution in [0.2, 0.25) is 0 Å². The lowest BCUT2D eigenvalue weighted by Gasteiger charge is -2.05. The molecule has 0 bridgehead atoms. The van der Waals surface area contributed by atoms with Gasteiger partial charge in [0.05, 0.1) is 6.33 Å². The van der Waals surface area contributed by atoms with Gasteiger partial charge >= 0.3 is 0 Å². The molecule has 0 fully saturated rings. The smallest absolute Gasteiger partial charge is 0.0946 e. The third kappa shape index (κ3) is 6.28. The fraction of sp³-hybridized carbons (Fsp3) is 0.750. The van der Waals surface area contributed by atoms with Crippen molar-refractivity contribution in [1.29, 1.82) is 0 Å². The van der Waals surface area contributed by atoms with Crippen LogP contribution in [0.4, 0.5) is 0 Å². The predicted molar refractivity (Wildman–Crippen MR) is 63.9 cm³/mol. The Morgan fingerprint density at radius 1 is 1.13 bits per heavy atom. The van der Waals surface area contributed by atoms with Gasteiger partial charge in [-0.15, -0.1) is 0 Å². The van der Waals surface area contributed by atoms with Crippen molar-refractivity contribution in [1.82, 2.24) is 14.9 Å². The normalized spacial score (nSPS) is 10.7. The molecular weight excluding hydrogens is 186 g/mol. The van der Waals surface area contributed by atoms with Crippen LogP contribution < -0.4 is 5.32 Å². The van der Waals surface area contributed by atoms with Gasteiger partial charge in [-0.25, -0.2) is 4.98 Å². The summed E-state index contributed by atoms with van der Waals surface area (Å²) in [7, 11) is 0. The molecular formula is C12H23N3. The van der Waals surface area contributed by atoms with Crippen LogP contribution in [0.5, 0.6) is 0 Å². The Morgan fingerprint density at radius 3 is 2.73 bits per heavy atom. The summed E-state index contributed by atoms with van der Waals surface area (Å²) >= 11 is 0. The summed E-state index contributed by atoms with van der Waals surface area (Å²) in [6, 6.07) is 0. The summed E-state index contributed by atoms with van der Waals surface area (Å²) in [5.74, 6) is 0. The molecule has 0 amide bonds. The van der Waals surface area contributed by atoms with Crippen molar-refractivity contribution < 1.29 is 0 Å². The highest BCUT2D eigenvalue weighted by Gasteiger charge is 1.91. The minimum Gasteiger partial charge on any atom is -0.336 e. The maximum Gasteiger partial charge on any atom is 0.0946 e. The topological polar surface area (TPSA) is 29.9 Å². The molecule has 0 atom stereocenters. The van der Waals surface area contributed by atoms with Crippen LogP contribution >= 0.6 is 0 Å². The summed E-state index contributed by atoms with van der Waals surface area (Å²) in [6.45, 7) is 5.47. The van der Waals surface area contributed by atoms with Gasteiger partial charge in [0.1, 0.15) is 0 Å². The van der Waals surface area contributed by atoms with Crippen molar-refractivity contribution in [2.24, 2.45) is 0 Å². The SMILES string of the molecule is CCCCCCCNCCn1ccnc1. The molecule has 3 heteroatoms. The van der Waals surface area contributed by atoms with Crippen molar-refractivity contribution in [2.45, 2.75) is 45.6 Å². The summed E-state index contributed by atoms with van der Waals surface area (Å²) in [5, 5.41) is 3.45. The van der Waals surface area contributed by atoms with E-state index in [1.807, 2.05) is 18.7 Å². The van der Waals surface area contributed by atoms with Crippen LogP contribution in [-0.4, -0.2) is 22.6 Å². The van der Waals surface area contributed by atoms with Gasteiger partial charge in [0, 0.05) is 25.5 Å². The molecule has 0 saturated carbocycles. The van der Waals surface area contributed by atoms with Gasteiger partial charge < -0.3 is 9.88 Å². The highest BCUT2D eigenvalue weighted by Crippen LogP contribution is 2.00. The fourth-order valence-corrected chi connectivity index (χ4v) is 1.61. The van der Waals surface area contributed by atoms with Crippen molar-refractivity contribution in [3.8, 4) is 0 Å². The highest BCUT2D eigenvalue weighted by molar-refractivity contribution is 4.74. The van der Waals surface area contributed by atoms with Crippen molar-refractivity contribution in [3.63, 3.8) is 0 Å². The minimum atomic E-state index is 1.02. The Bertz CT molecular complexity index is 219. The zero-order valence-corrected chi connectivity index (χ0v) is 9.78. The van der Waals surface area contributed by atoms with E-state index in [1.54, 1.807) is 0 Å². The summed E-state index contributed by atoms with van der Waals surface area (Å²) in [5.41, 5.74) is 0. The monoisotopic (exact) mass is 209 g/mol. The van der Waals surface area contributed by atoms with Crippen molar-refractivity contribution in [3.05, 3.63) is 18.7 Å². The Kier molecular flexibility index (Phi) is 6.92. The molecule has 0 aliphatic rings. The number of aromatic nitrogens is 2. The molecule has 0 unspecified atom stereocenters. The first kappa shape index (κ1) is 12.2. The van der Waals surface area contributed by atoms with Crippen LogP contribution in [0.3, 0.4) is 0 Å². The van der Waals surface area contributed by atoms with Crippen molar-refractivity contribution >= 4 is 0 Å². The lowest BCUT2D eigenvalue weighted by molar-refractivity contribution is 0.554. The summed E-state index contributed by atoms with van der Waals surface area (Å²) in [6.07, 6.45) is 12.5. The molecule has 0 saturated heterocycles. The molecule has 1 aromatic heterocycles. The lowest BCUT2D eigenvalue weighted by Crippen LogP contribution is -2.20. The lowest BCUT2D eigenvalue weighted by atomic mass is 10.1. The van der Waals surface area contributed by atoms with Gasteiger partial charge in [-0.3, -0.25) is 0 Å². The molecule has 0 spiro atoms. The maximum absolute atomic E-state index is 4.01. The molecule has 0 aliphatic heterocycles. The fourth-order valence-electron chi connectivity index (χ4n) is 1.61. The Labute approximate surface area is 92.9 Å². The molecule has 0 radical (unpaired) electrons. The minimum absolute atomic E-state index is 1.02. The Hall–Kier alpha value is -0.830. The maximum atomic E-state index is 4.01. The largest absolute Gasteiger partial charge is 0.336 e. The third-order valence-corrected chi connectivity index (χ3v) is 2.56. The first-order valence-electron chi connectivity index (χ1n) is 6.10. The van der Waals surface area contributed by atoms with Gasteiger partial charge in [0.25, 0.3) is 0 Å². The zero-order chi connectivity index (χ0) is 10.8. The number of imidazole rings is 1. The third-order valence-electron chi connectivity index (χ3n) is 2.56. The molecule has 15 heavy (non-hydrogen) atoms. The second kappa shape index (κ2) is 8.48. The molecule has 1 heterocycles. The highest BCUT2D eigenvalue weighted by atomic mass is 15.0. The number of nitrogens with zero attached hydrogens (tertiary/aromatic N) is 2. The van der Waals surface area contributed by atoms with Crippen LogP contribution in [0, 0.1) is 0 Å². The number of unbranched alkanes of at least 4 members (excludes halogenated alkanes) is 4. The van der Waals surface area contributed by atoms with E-state index < -0.39 is 0 Å². The standard InChI is InChI=1S/C12H23N3/c1-2-3-4-5-6-7-13-8-10-15-11-9-14-12-15/h9,11-13H,2-8,10H2,1H3. The average Bonchev–Trinajstić information content (AvgIpc) is 2.75. The van der Waals surface area contributed by atoms with E-state index in [1.165, 1.54) is 32.1 Å². The van der Waals surface area contributed by atoms with Crippen LogP contribution in [-0.2, 0) is 6.54 Å². The Balaban J connectivity index is 1.81. The van der Waals surface area contributed by atoms with Gasteiger partial charge in [0.15, 0.2) is 0 Å². The number of nitrogens with one attached hydrogen (secondary N) is 1. The molecule has 86 valence electrons. The molecule has 0 aliphatic carbocycles. The number of rotatable bonds is 9. The molecule has 0 aromatic carbocycles. The van der Waals surface area contributed by atoms with E-state index in [-0.39, 0.29) is 0 Å². The Morgan fingerprint density at radius 2 is 2.00 bits per heavy atom. The summed E-state index contributed by atoms with van der Waals surface area (Å²) < 4.78 is 2.10. The van der Waals surface area contributed by atoms with Crippen LogP contribution in [0.25, 0.3) is 0 Å². The number of hydrogen-bond donors (Lipinski definition) is 1. The second-order valence-electron chi connectivity index (χ2n) is 3.96. The molecule has 3 nitrogen and oxygen atoms in total. The van der Waals surface area contributed by atoms with E-state index >= 15 is 0 Å². The van der Waals surface area contributed by atoms with E-state index in [2.05, 4.69) is 21.8 Å². The quantitative estimate of drug-likeness (QED) is 0.633. The van der Waals surface area contributed by atoms with Gasteiger partial charge in [-0.2, -0.15) is 0 Å². The van der Waals surface area contributed by atoms with Crippen molar-refractivity contribution in [2.75, 3.05) is 13.1 Å². The molecule has 1 N–H and O–H groups in total. The molecule has 1 rings (SSSR count). The average molecular weight is 209 g/mol. The van der Waals surface area contributed by atoms with E-state index in [4.69, 9.17) is 0 Å². The van der Waals surface area contributed by atoms with Gasteiger partial charge in [-0.1, -0.05) is 32.6 Å². The molecule has 1 aromatic rings.